The van der Waals surface area contributed by atoms with Crippen LogP contribution in [-0.4, -0.2) is 22.1 Å². The van der Waals surface area contributed by atoms with Gasteiger partial charge in [0, 0.05) is 5.56 Å². The first kappa shape index (κ1) is 16.3. The van der Waals surface area contributed by atoms with Gasteiger partial charge in [0.25, 0.3) is 0 Å². The predicted molar refractivity (Wildman–Crippen MR) is 80.0 cm³/mol. The normalized spacial score (nSPS) is 11.2. The van der Waals surface area contributed by atoms with Gasteiger partial charge in [0.1, 0.15) is 10.7 Å². The molecule has 118 valence electrons. The lowest BCUT2D eigenvalue weighted by Crippen LogP contribution is -2.13. The fraction of sp³-hybridized carbons (Fsp3) is 0.200. The van der Waals surface area contributed by atoms with Gasteiger partial charge in [-0.1, -0.05) is 18.2 Å². The third-order valence-electron chi connectivity index (χ3n) is 2.97. The highest BCUT2D eigenvalue weighted by Gasteiger charge is 2.21. The molecule has 2 N–H and O–H groups in total. The molecule has 0 atom stereocenters. The van der Waals surface area contributed by atoms with E-state index in [0.29, 0.717) is 18.5 Å². The Morgan fingerprint density at radius 3 is 2.55 bits per heavy atom. The summed E-state index contributed by atoms with van der Waals surface area (Å²) < 4.78 is 48.1. The molecule has 0 aliphatic heterocycles. The Kier molecular flexibility index (Phi) is 4.99. The van der Waals surface area contributed by atoms with E-state index < -0.39 is 15.9 Å². The first-order chi connectivity index (χ1) is 10.5. The Morgan fingerprint density at radius 1 is 1.18 bits per heavy atom. The molecule has 0 saturated carbocycles. The van der Waals surface area contributed by atoms with Crippen molar-refractivity contribution in [2.45, 2.75) is 11.3 Å². The van der Waals surface area contributed by atoms with Crippen LogP contribution in [0.4, 0.5) is 4.39 Å². The van der Waals surface area contributed by atoms with Gasteiger partial charge in [0.05, 0.1) is 7.11 Å². The van der Waals surface area contributed by atoms with Gasteiger partial charge in [-0.25, -0.2) is 4.39 Å². The molecule has 5 nitrogen and oxygen atoms in total. The van der Waals surface area contributed by atoms with Gasteiger partial charge in [-0.2, -0.15) is 8.42 Å². The molecule has 2 aromatic rings. The highest BCUT2D eigenvalue weighted by molar-refractivity contribution is 7.87. The summed E-state index contributed by atoms with van der Waals surface area (Å²) in [6.45, 7) is 0.323. The second-order valence-corrected chi connectivity index (χ2v) is 6.03. The van der Waals surface area contributed by atoms with Crippen molar-refractivity contribution in [2.24, 2.45) is 5.73 Å². The summed E-state index contributed by atoms with van der Waals surface area (Å²) in [7, 11) is -2.76. The lowest BCUT2D eigenvalue weighted by atomic mass is 10.1. The number of hydrogen-bond acceptors (Lipinski definition) is 5. The third kappa shape index (κ3) is 3.55. The van der Waals surface area contributed by atoms with Crippen molar-refractivity contribution in [3.63, 3.8) is 0 Å². The molecule has 2 aromatic carbocycles. The Morgan fingerprint density at radius 2 is 1.91 bits per heavy atom. The minimum Gasteiger partial charge on any atom is -0.493 e. The summed E-state index contributed by atoms with van der Waals surface area (Å²) in [6.07, 6.45) is 0.422. The maximum absolute atomic E-state index is 13.2. The second-order valence-electron chi connectivity index (χ2n) is 4.48. The van der Waals surface area contributed by atoms with Crippen LogP contribution >= 0.6 is 0 Å². The summed E-state index contributed by atoms with van der Waals surface area (Å²) in [4.78, 5) is -0.267. The molecule has 0 spiro atoms. The van der Waals surface area contributed by atoms with E-state index in [-0.39, 0.29) is 16.4 Å². The molecule has 2 rings (SSSR count). The Labute approximate surface area is 128 Å². The SMILES string of the molecule is COc1cccc(CCN)c1OS(=O)(=O)c1cccc(F)c1. The van der Waals surface area contributed by atoms with Crippen molar-refractivity contribution in [1.29, 1.82) is 0 Å². The van der Waals surface area contributed by atoms with Crippen LogP contribution in [0.3, 0.4) is 0 Å². The van der Waals surface area contributed by atoms with E-state index in [1.807, 2.05) is 0 Å². The Hall–Kier alpha value is -2.12. The molecule has 22 heavy (non-hydrogen) atoms. The predicted octanol–water partition coefficient (Wildman–Crippen LogP) is 2.10. The van der Waals surface area contributed by atoms with Crippen molar-refractivity contribution >= 4 is 10.1 Å². The van der Waals surface area contributed by atoms with Crippen LogP contribution in [0.2, 0.25) is 0 Å². The van der Waals surface area contributed by atoms with E-state index in [9.17, 15) is 12.8 Å². The molecule has 0 radical (unpaired) electrons. The van der Waals surface area contributed by atoms with Crippen molar-refractivity contribution in [3.05, 3.63) is 53.8 Å². The van der Waals surface area contributed by atoms with E-state index in [1.54, 1.807) is 18.2 Å². The standard InChI is InChI=1S/C15H16FNO4S/c1-20-14-7-2-4-11(8-9-17)15(14)21-22(18,19)13-6-3-5-12(16)10-13/h2-7,10H,8-9,17H2,1H3. The van der Waals surface area contributed by atoms with Gasteiger partial charge in [0.2, 0.25) is 0 Å². The summed E-state index contributed by atoms with van der Waals surface area (Å²) >= 11 is 0. The summed E-state index contributed by atoms with van der Waals surface area (Å²) in [5.74, 6) is -0.322. The van der Waals surface area contributed by atoms with Crippen LogP contribution in [0.1, 0.15) is 5.56 Å². The molecule has 0 aliphatic carbocycles. The first-order valence-corrected chi connectivity index (χ1v) is 7.95. The smallest absolute Gasteiger partial charge is 0.339 e. The first-order valence-electron chi connectivity index (χ1n) is 6.54. The van der Waals surface area contributed by atoms with E-state index in [0.717, 1.165) is 12.1 Å². The monoisotopic (exact) mass is 325 g/mol. The van der Waals surface area contributed by atoms with E-state index >= 15 is 0 Å². The number of halogens is 1. The average Bonchev–Trinajstić information content (AvgIpc) is 2.49. The van der Waals surface area contributed by atoms with Crippen LogP contribution < -0.4 is 14.7 Å². The molecular weight excluding hydrogens is 309 g/mol. The van der Waals surface area contributed by atoms with E-state index in [4.69, 9.17) is 14.7 Å². The fourth-order valence-electron chi connectivity index (χ4n) is 1.95. The molecule has 0 amide bonds. The van der Waals surface area contributed by atoms with E-state index in [1.165, 1.54) is 19.2 Å². The Balaban J connectivity index is 2.45. The van der Waals surface area contributed by atoms with Crippen molar-refractivity contribution in [2.75, 3.05) is 13.7 Å². The van der Waals surface area contributed by atoms with Crippen LogP contribution in [0.25, 0.3) is 0 Å². The Bertz CT molecular complexity index is 762. The highest BCUT2D eigenvalue weighted by atomic mass is 32.2. The molecular formula is C15H16FNO4S. The third-order valence-corrected chi connectivity index (χ3v) is 4.19. The van der Waals surface area contributed by atoms with Gasteiger partial charge in [-0.05, 0) is 37.2 Å². The molecule has 0 unspecified atom stereocenters. The molecule has 0 bridgehead atoms. The molecule has 0 fully saturated rings. The molecule has 0 aromatic heterocycles. The van der Waals surface area contributed by atoms with Gasteiger partial charge in [-0.15, -0.1) is 0 Å². The van der Waals surface area contributed by atoms with E-state index in [2.05, 4.69) is 0 Å². The number of para-hydroxylation sites is 1. The summed E-state index contributed by atoms with van der Waals surface area (Å²) in [6, 6.07) is 9.61. The quantitative estimate of drug-likeness (QED) is 0.823. The zero-order valence-electron chi connectivity index (χ0n) is 12.0. The summed E-state index contributed by atoms with van der Waals surface area (Å²) in [5, 5.41) is 0. The molecule has 0 heterocycles. The average molecular weight is 325 g/mol. The number of methoxy groups -OCH3 is 1. The molecule has 7 heteroatoms. The zero-order valence-corrected chi connectivity index (χ0v) is 12.8. The number of ether oxygens (including phenoxy) is 1. The molecule has 0 saturated heterocycles. The fourth-order valence-corrected chi connectivity index (χ4v) is 2.96. The highest BCUT2D eigenvalue weighted by Crippen LogP contribution is 2.33. The van der Waals surface area contributed by atoms with Gasteiger partial charge in [0.15, 0.2) is 11.5 Å². The van der Waals surface area contributed by atoms with Crippen LogP contribution in [0.15, 0.2) is 47.4 Å². The van der Waals surface area contributed by atoms with Gasteiger partial charge >= 0.3 is 10.1 Å². The van der Waals surface area contributed by atoms with Crippen molar-refractivity contribution in [3.8, 4) is 11.5 Å². The minimum atomic E-state index is -4.17. The van der Waals surface area contributed by atoms with Gasteiger partial charge in [-0.3, -0.25) is 0 Å². The number of benzene rings is 2. The van der Waals surface area contributed by atoms with Crippen molar-refractivity contribution < 1.29 is 21.7 Å². The summed E-state index contributed by atoms with van der Waals surface area (Å²) in [5.41, 5.74) is 6.12. The minimum absolute atomic E-state index is 0.0692. The van der Waals surface area contributed by atoms with Crippen LogP contribution in [-0.2, 0) is 16.5 Å². The zero-order chi connectivity index (χ0) is 16.2. The largest absolute Gasteiger partial charge is 0.493 e. The molecule has 0 aliphatic rings. The number of hydrogen-bond donors (Lipinski definition) is 1. The second kappa shape index (κ2) is 6.76. The van der Waals surface area contributed by atoms with Crippen molar-refractivity contribution in [1.82, 2.24) is 0 Å². The lowest BCUT2D eigenvalue weighted by molar-refractivity contribution is 0.388. The maximum atomic E-state index is 13.2. The maximum Gasteiger partial charge on any atom is 0.339 e. The topological polar surface area (TPSA) is 78.6 Å². The van der Waals surface area contributed by atoms with Gasteiger partial charge < -0.3 is 14.7 Å². The number of rotatable bonds is 6. The number of nitrogens with two attached hydrogens (primary N) is 1. The van der Waals surface area contributed by atoms with Crippen LogP contribution in [0.5, 0.6) is 11.5 Å². The lowest BCUT2D eigenvalue weighted by Gasteiger charge is -2.14. The van der Waals surface area contributed by atoms with Crippen LogP contribution in [0, 0.1) is 5.82 Å².